The lowest BCUT2D eigenvalue weighted by Gasteiger charge is -2.22. The van der Waals surface area contributed by atoms with Gasteiger partial charge in [0.15, 0.2) is 5.13 Å². The molecule has 0 amide bonds. The second kappa shape index (κ2) is 4.97. The molecule has 0 aliphatic heterocycles. The molecule has 1 N–H and O–H groups in total. The molecule has 3 heteroatoms. The Morgan fingerprint density at radius 3 is 2.87 bits per heavy atom. The summed E-state index contributed by atoms with van der Waals surface area (Å²) in [5.41, 5.74) is 1.13. The summed E-state index contributed by atoms with van der Waals surface area (Å²) in [5.74, 6) is 0.789. The third-order valence-corrected chi connectivity index (χ3v) is 4.18. The van der Waals surface area contributed by atoms with Crippen molar-refractivity contribution >= 4 is 16.5 Å². The van der Waals surface area contributed by atoms with Crippen molar-refractivity contribution < 1.29 is 0 Å². The van der Waals surface area contributed by atoms with Gasteiger partial charge in [0.2, 0.25) is 0 Å². The predicted octanol–water partition coefficient (Wildman–Crippen LogP) is 3.83. The number of nitrogens with one attached hydrogen (secondary N) is 1. The Balaban J connectivity index is 1.97. The van der Waals surface area contributed by atoms with Gasteiger partial charge in [0.25, 0.3) is 0 Å². The molecule has 0 bridgehead atoms. The Morgan fingerprint density at radius 2 is 2.13 bits per heavy atom. The number of hydrogen-bond donors (Lipinski definition) is 1. The van der Waals surface area contributed by atoms with Crippen LogP contribution in [0.5, 0.6) is 0 Å². The molecule has 1 heterocycles. The van der Waals surface area contributed by atoms with E-state index < -0.39 is 0 Å². The first-order chi connectivity index (χ1) is 7.25. The Kier molecular flexibility index (Phi) is 3.62. The molecule has 0 saturated heterocycles. The first-order valence-electron chi connectivity index (χ1n) is 5.94. The van der Waals surface area contributed by atoms with Gasteiger partial charge in [-0.15, -0.1) is 11.3 Å². The van der Waals surface area contributed by atoms with Crippen LogP contribution >= 0.6 is 11.3 Å². The normalized spacial score (nSPS) is 27.3. The molecule has 2 nitrogen and oxygen atoms in total. The molecular formula is C12H20N2S. The van der Waals surface area contributed by atoms with Crippen LogP contribution in [-0.2, 0) is 0 Å². The van der Waals surface area contributed by atoms with E-state index >= 15 is 0 Å². The van der Waals surface area contributed by atoms with E-state index in [-0.39, 0.29) is 0 Å². The van der Waals surface area contributed by atoms with Gasteiger partial charge in [0.1, 0.15) is 0 Å². The molecule has 2 unspecified atom stereocenters. The van der Waals surface area contributed by atoms with Gasteiger partial charge in [-0.1, -0.05) is 26.2 Å². The zero-order chi connectivity index (χ0) is 10.7. The topological polar surface area (TPSA) is 24.9 Å². The summed E-state index contributed by atoms with van der Waals surface area (Å²) in [6.07, 6.45) is 6.84. The minimum Gasteiger partial charge on any atom is -0.359 e. The smallest absolute Gasteiger partial charge is 0.183 e. The van der Waals surface area contributed by atoms with Crippen molar-refractivity contribution in [1.29, 1.82) is 0 Å². The lowest BCUT2D eigenvalue weighted by Crippen LogP contribution is -2.26. The fourth-order valence-corrected chi connectivity index (χ4v) is 3.04. The van der Waals surface area contributed by atoms with Crippen LogP contribution in [0.2, 0.25) is 0 Å². The second-order valence-corrected chi connectivity index (χ2v) is 5.52. The molecule has 0 aromatic carbocycles. The van der Waals surface area contributed by atoms with E-state index in [0.29, 0.717) is 6.04 Å². The largest absolute Gasteiger partial charge is 0.359 e. The highest BCUT2D eigenvalue weighted by Gasteiger charge is 2.20. The van der Waals surface area contributed by atoms with Crippen LogP contribution in [0.15, 0.2) is 5.38 Å². The minimum atomic E-state index is 0.637. The highest BCUT2D eigenvalue weighted by atomic mass is 32.1. The van der Waals surface area contributed by atoms with Gasteiger partial charge in [0.05, 0.1) is 5.69 Å². The van der Waals surface area contributed by atoms with Crippen LogP contribution in [0.25, 0.3) is 0 Å². The summed E-state index contributed by atoms with van der Waals surface area (Å²) in [6.45, 7) is 4.42. The molecule has 1 aliphatic rings. The highest BCUT2D eigenvalue weighted by molar-refractivity contribution is 7.13. The summed E-state index contributed by atoms with van der Waals surface area (Å²) < 4.78 is 0. The van der Waals surface area contributed by atoms with Crippen LogP contribution in [-0.4, -0.2) is 11.0 Å². The third kappa shape index (κ3) is 2.94. The van der Waals surface area contributed by atoms with Crippen molar-refractivity contribution in [3.8, 4) is 0 Å². The number of anilines is 1. The van der Waals surface area contributed by atoms with Crippen LogP contribution in [0, 0.1) is 12.8 Å². The number of aryl methyl sites for hydroxylation is 1. The SMILES string of the molecule is Cc1csc(NC2CCCCCC2C)n1. The van der Waals surface area contributed by atoms with E-state index in [4.69, 9.17) is 0 Å². The quantitative estimate of drug-likeness (QED) is 0.772. The summed E-state index contributed by atoms with van der Waals surface area (Å²) in [7, 11) is 0. The van der Waals surface area contributed by atoms with E-state index in [0.717, 1.165) is 16.7 Å². The molecule has 0 radical (unpaired) electrons. The first-order valence-corrected chi connectivity index (χ1v) is 6.82. The number of aromatic nitrogens is 1. The van der Waals surface area contributed by atoms with E-state index in [1.807, 2.05) is 0 Å². The maximum absolute atomic E-state index is 4.48. The molecule has 2 rings (SSSR count). The molecule has 84 valence electrons. The van der Waals surface area contributed by atoms with Gasteiger partial charge in [-0.25, -0.2) is 4.98 Å². The third-order valence-electron chi connectivity index (χ3n) is 3.29. The zero-order valence-electron chi connectivity index (χ0n) is 9.62. The first kappa shape index (κ1) is 10.9. The lowest BCUT2D eigenvalue weighted by atomic mass is 9.97. The van der Waals surface area contributed by atoms with Gasteiger partial charge in [-0.2, -0.15) is 0 Å². The van der Waals surface area contributed by atoms with Gasteiger partial charge < -0.3 is 5.32 Å². The van der Waals surface area contributed by atoms with E-state index in [9.17, 15) is 0 Å². The van der Waals surface area contributed by atoms with E-state index in [1.54, 1.807) is 11.3 Å². The Labute approximate surface area is 96.1 Å². The molecule has 1 aromatic rings. The standard InChI is InChI=1S/C12H20N2S/c1-9-6-4-3-5-7-11(9)14-12-13-10(2)8-15-12/h8-9,11H,3-7H2,1-2H3,(H,13,14). The zero-order valence-corrected chi connectivity index (χ0v) is 10.4. The van der Waals surface area contributed by atoms with Crippen molar-refractivity contribution in [2.24, 2.45) is 5.92 Å². The average Bonchev–Trinajstić information content (AvgIpc) is 2.50. The lowest BCUT2D eigenvalue weighted by molar-refractivity contribution is 0.456. The Morgan fingerprint density at radius 1 is 1.33 bits per heavy atom. The van der Waals surface area contributed by atoms with Gasteiger partial charge in [0, 0.05) is 11.4 Å². The second-order valence-electron chi connectivity index (χ2n) is 4.66. The predicted molar refractivity (Wildman–Crippen MR) is 66.5 cm³/mol. The average molecular weight is 224 g/mol. The molecule has 1 aromatic heterocycles. The summed E-state index contributed by atoms with van der Waals surface area (Å²) >= 11 is 1.73. The molecule has 1 saturated carbocycles. The minimum absolute atomic E-state index is 0.637. The molecule has 0 spiro atoms. The van der Waals surface area contributed by atoms with Gasteiger partial charge in [-0.05, 0) is 25.7 Å². The van der Waals surface area contributed by atoms with E-state index in [2.05, 4.69) is 29.5 Å². The molecular weight excluding hydrogens is 204 g/mol. The van der Waals surface area contributed by atoms with E-state index in [1.165, 1.54) is 32.1 Å². The summed E-state index contributed by atoms with van der Waals surface area (Å²) in [4.78, 5) is 4.48. The highest BCUT2D eigenvalue weighted by Crippen LogP contribution is 2.27. The number of thiazole rings is 1. The fraction of sp³-hybridized carbons (Fsp3) is 0.750. The van der Waals surface area contributed by atoms with Crippen LogP contribution in [0.3, 0.4) is 0 Å². The Bertz CT molecular complexity index is 308. The van der Waals surface area contributed by atoms with Crippen molar-refractivity contribution in [1.82, 2.24) is 4.98 Å². The summed E-state index contributed by atoms with van der Waals surface area (Å²) in [5, 5.41) is 6.82. The van der Waals surface area contributed by atoms with Crippen molar-refractivity contribution in [2.45, 2.75) is 52.0 Å². The van der Waals surface area contributed by atoms with Crippen molar-refractivity contribution in [2.75, 3.05) is 5.32 Å². The van der Waals surface area contributed by atoms with Crippen LogP contribution in [0.4, 0.5) is 5.13 Å². The number of nitrogens with zero attached hydrogens (tertiary/aromatic N) is 1. The van der Waals surface area contributed by atoms with Crippen LogP contribution in [0.1, 0.15) is 44.7 Å². The van der Waals surface area contributed by atoms with Gasteiger partial charge >= 0.3 is 0 Å². The van der Waals surface area contributed by atoms with Crippen LogP contribution < -0.4 is 5.32 Å². The molecule has 1 aliphatic carbocycles. The molecule has 2 atom stereocenters. The Hall–Kier alpha value is -0.570. The number of hydrogen-bond acceptors (Lipinski definition) is 3. The monoisotopic (exact) mass is 224 g/mol. The number of rotatable bonds is 2. The van der Waals surface area contributed by atoms with Crippen molar-refractivity contribution in [3.63, 3.8) is 0 Å². The maximum atomic E-state index is 4.48. The van der Waals surface area contributed by atoms with Crippen molar-refractivity contribution in [3.05, 3.63) is 11.1 Å². The fourth-order valence-electron chi connectivity index (χ4n) is 2.29. The summed E-state index contributed by atoms with van der Waals surface area (Å²) in [6, 6.07) is 0.637. The molecule has 15 heavy (non-hydrogen) atoms. The van der Waals surface area contributed by atoms with Gasteiger partial charge in [-0.3, -0.25) is 0 Å². The molecule has 1 fully saturated rings. The maximum Gasteiger partial charge on any atom is 0.183 e.